The van der Waals surface area contributed by atoms with Crippen LogP contribution in [0.5, 0.6) is 17.2 Å². The summed E-state index contributed by atoms with van der Waals surface area (Å²) in [4.78, 5) is 17.2. The number of hydrogen-bond donors (Lipinski definition) is 3. The minimum Gasteiger partial charge on any atom is -0.508 e. The normalized spacial score (nSPS) is 13.8. The quantitative estimate of drug-likeness (QED) is 0.262. The zero-order valence-electron chi connectivity index (χ0n) is 23.4. The van der Waals surface area contributed by atoms with Crippen LogP contribution in [0.3, 0.4) is 0 Å². The van der Waals surface area contributed by atoms with Gasteiger partial charge in [0.15, 0.2) is 0 Å². The molecule has 38 heavy (non-hydrogen) atoms. The molecule has 1 heterocycles. The number of nitrogens with zero attached hydrogens (tertiary/aromatic N) is 2. The zero-order valence-corrected chi connectivity index (χ0v) is 23.4. The van der Waals surface area contributed by atoms with E-state index in [0.717, 1.165) is 44.1 Å². The SMILES string of the molecule is CCCCN1c2c(O)cccc2C(=O)N(CC=C(C)CCC=C(C)CCC=C(C)C)c2cc(O)cc(O)c21. The van der Waals surface area contributed by atoms with Crippen molar-refractivity contribution in [2.75, 3.05) is 22.9 Å². The van der Waals surface area contributed by atoms with Crippen LogP contribution in [0.25, 0.3) is 0 Å². The van der Waals surface area contributed by atoms with Crippen molar-refractivity contribution in [2.45, 2.75) is 73.1 Å². The fourth-order valence-corrected chi connectivity index (χ4v) is 4.73. The average molecular weight is 519 g/mol. The van der Waals surface area contributed by atoms with Crippen molar-refractivity contribution in [1.82, 2.24) is 0 Å². The Balaban J connectivity index is 1.91. The van der Waals surface area contributed by atoms with Gasteiger partial charge in [-0.3, -0.25) is 4.79 Å². The summed E-state index contributed by atoms with van der Waals surface area (Å²) in [5, 5.41) is 32.1. The van der Waals surface area contributed by atoms with Gasteiger partial charge in [-0.1, -0.05) is 54.4 Å². The van der Waals surface area contributed by atoms with Crippen LogP contribution < -0.4 is 9.80 Å². The first-order valence-electron chi connectivity index (χ1n) is 13.6. The zero-order chi connectivity index (χ0) is 27.8. The molecular formula is C32H42N2O4. The molecule has 3 rings (SSSR count). The minimum absolute atomic E-state index is 0.0225. The van der Waals surface area contributed by atoms with Crippen molar-refractivity contribution >= 4 is 23.0 Å². The number of carbonyl (C=O) groups excluding carboxylic acids is 1. The lowest BCUT2D eigenvalue weighted by atomic mass is 10.1. The molecule has 0 aromatic heterocycles. The van der Waals surface area contributed by atoms with Gasteiger partial charge in [0.25, 0.3) is 5.91 Å². The predicted molar refractivity (Wildman–Crippen MR) is 157 cm³/mol. The number of fused-ring (bicyclic) bond motifs is 2. The number of phenols is 3. The first kappa shape index (κ1) is 28.9. The molecule has 0 fully saturated rings. The molecule has 1 aliphatic rings. The summed E-state index contributed by atoms with van der Waals surface area (Å²) >= 11 is 0. The number of benzene rings is 2. The van der Waals surface area contributed by atoms with Crippen LogP contribution in [-0.2, 0) is 0 Å². The molecule has 6 heteroatoms. The van der Waals surface area contributed by atoms with E-state index in [0.29, 0.717) is 29.2 Å². The third kappa shape index (κ3) is 7.00. The molecule has 2 aromatic carbocycles. The number of phenolic OH excluding ortho intramolecular Hbond substituents is 3. The summed E-state index contributed by atoms with van der Waals surface area (Å²) in [7, 11) is 0. The fraction of sp³-hybridized carbons (Fsp3) is 0.406. The summed E-state index contributed by atoms with van der Waals surface area (Å²) in [6.07, 6.45) is 12.2. The van der Waals surface area contributed by atoms with E-state index in [1.165, 1.54) is 23.3 Å². The van der Waals surface area contributed by atoms with Gasteiger partial charge in [-0.25, -0.2) is 0 Å². The predicted octanol–water partition coefficient (Wildman–Crippen LogP) is 8.12. The summed E-state index contributed by atoms with van der Waals surface area (Å²) in [5.41, 5.74) is 5.43. The summed E-state index contributed by atoms with van der Waals surface area (Å²) in [5.74, 6) is -0.579. The van der Waals surface area contributed by atoms with Gasteiger partial charge in [-0.2, -0.15) is 0 Å². The molecule has 0 saturated heterocycles. The molecule has 0 unspecified atom stereocenters. The summed E-state index contributed by atoms with van der Waals surface area (Å²) < 4.78 is 0. The van der Waals surface area contributed by atoms with Crippen LogP contribution >= 0.6 is 0 Å². The van der Waals surface area contributed by atoms with Crippen LogP contribution in [0.1, 0.15) is 83.5 Å². The first-order chi connectivity index (χ1) is 18.1. The van der Waals surface area contributed by atoms with Crippen molar-refractivity contribution in [3.05, 3.63) is 70.8 Å². The molecule has 0 bridgehead atoms. The molecule has 3 N–H and O–H groups in total. The monoisotopic (exact) mass is 518 g/mol. The van der Waals surface area contributed by atoms with E-state index in [4.69, 9.17) is 0 Å². The van der Waals surface area contributed by atoms with E-state index in [1.54, 1.807) is 28.0 Å². The van der Waals surface area contributed by atoms with Gasteiger partial charge >= 0.3 is 0 Å². The smallest absolute Gasteiger partial charge is 0.260 e. The highest BCUT2D eigenvalue weighted by molar-refractivity contribution is 6.15. The molecule has 204 valence electrons. The first-order valence-corrected chi connectivity index (χ1v) is 13.6. The van der Waals surface area contributed by atoms with Crippen LogP contribution in [0.4, 0.5) is 17.1 Å². The Labute approximate surface area is 227 Å². The molecule has 0 aliphatic carbocycles. The molecule has 0 spiro atoms. The largest absolute Gasteiger partial charge is 0.508 e. The van der Waals surface area contributed by atoms with E-state index < -0.39 is 0 Å². The van der Waals surface area contributed by atoms with Gasteiger partial charge in [-0.05, 0) is 71.9 Å². The van der Waals surface area contributed by atoms with E-state index in [-0.39, 0.29) is 29.7 Å². The second kappa shape index (κ2) is 13.2. The molecule has 6 nitrogen and oxygen atoms in total. The Hall–Kier alpha value is -3.67. The van der Waals surface area contributed by atoms with Crippen molar-refractivity contribution in [2.24, 2.45) is 0 Å². The van der Waals surface area contributed by atoms with Crippen molar-refractivity contribution in [1.29, 1.82) is 0 Å². The number of aromatic hydroxyl groups is 3. The number of para-hydroxylation sites is 1. The number of hydrogen-bond acceptors (Lipinski definition) is 5. The van der Waals surface area contributed by atoms with Crippen LogP contribution in [0.2, 0.25) is 0 Å². The number of carbonyl (C=O) groups is 1. The number of rotatable bonds is 11. The molecule has 1 amide bonds. The van der Waals surface area contributed by atoms with Crippen LogP contribution in [0, 0.1) is 0 Å². The van der Waals surface area contributed by atoms with Gasteiger partial charge in [0.05, 0.1) is 16.9 Å². The van der Waals surface area contributed by atoms with Crippen LogP contribution in [0.15, 0.2) is 65.3 Å². The third-order valence-corrected chi connectivity index (χ3v) is 6.86. The Morgan fingerprint density at radius 1 is 0.842 bits per heavy atom. The molecule has 0 atom stereocenters. The standard InChI is InChI=1S/C32H42N2O4/c1-6-7-18-34-30-26(15-10-16-28(30)36)32(38)33(27-20-25(35)21-29(37)31(27)34)19-17-24(5)14-9-13-23(4)12-8-11-22(2)3/h10-11,13,15-17,20-21,35-37H,6-9,12,14,18-19H2,1-5H3. The third-order valence-electron chi connectivity index (χ3n) is 6.86. The van der Waals surface area contributed by atoms with Gasteiger partial charge < -0.3 is 25.1 Å². The minimum atomic E-state index is -0.291. The second-order valence-electron chi connectivity index (χ2n) is 10.4. The number of amides is 1. The number of anilines is 3. The van der Waals surface area contributed by atoms with E-state index in [1.807, 2.05) is 6.08 Å². The Bertz CT molecular complexity index is 1240. The number of unbranched alkanes of at least 4 members (excludes halogenated alkanes) is 1. The van der Waals surface area contributed by atoms with Crippen molar-refractivity contribution in [3.63, 3.8) is 0 Å². The van der Waals surface area contributed by atoms with E-state index in [9.17, 15) is 20.1 Å². The molecule has 1 aliphatic heterocycles. The van der Waals surface area contributed by atoms with Gasteiger partial charge in [0.2, 0.25) is 0 Å². The van der Waals surface area contributed by atoms with Gasteiger partial charge in [0, 0.05) is 25.2 Å². The Morgan fingerprint density at radius 3 is 2.21 bits per heavy atom. The van der Waals surface area contributed by atoms with Crippen molar-refractivity contribution in [3.8, 4) is 17.2 Å². The summed E-state index contributed by atoms with van der Waals surface area (Å²) in [6, 6.07) is 7.70. The van der Waals surface area contributed by atoms with Crippen LogP contribution in [-0.4, -0.2) is 34.3 Å². The lowest BCUT2D eigenvalue weighted by Crippen LogP contribution is -2.30. The molecular weight excluding hydrogens is 476 g/mol. The highest BCUT2D eigenvalue weighted by Crippen LogP contribution is 2.50. The maximum Gasteiger partial charge on any atom is 0.260 e. The van der Waals surface area contributed by atoms with Crippen molar-refractivity contribution < 1.29 is 20.1 Å². The Kier molecular flexibility index (Phi) is 10.1. The molecule has 2 aromatic rings. The van der Waals surface area contributed by atoms with E-state index in [2.05, 4.69) is 46.8 Å². The Morgan fingerprint density at radius 2 is 1.53 bits per heavy atom. The number of allylic oxidation sites excluding steroid dienone is 5. The molecule has 0 radical (unpaired) electrons. The topological polar surface area (TPSA) is 84.2 Å². The lowest BCUT2D eigenvalue weighted by molar-refractivity contribution is 0.0990. The fourth-order valence-electron chi connectivity index (χ4n) is 4.73. The lowest BCUT2D eigenvalue weighted by Gasteiger charge is -2.28. The van der Waals surface area contributed by atoms with Gasteiger partial charge in [0.1, 0.15) is 22.9 Å². The summed E-state index contributed by atoms with van der Waals surface area (Å²) in [6.45, 7) is 11.3. The molecule has 0 saturated carbocycles. The average Bonchev–Trinajstić information content (AvgIpc) is 2.94. The highest BCUT2D eigenvalue weighted by atomic mass is 16.3. The van der Waals surface area contributed by atoms with E-state index >= 15 is 0 Å². The maximum absolute atomic E-state index is 13.8. The highest BCUT2D eigenvalue weighted by Gasteiger charge is 2.34. The van der Waals surface area contributed by atoms with Gasteiger partial charge in [-0.15, -0.1) is 0 Å². The maximum atomic E-state index is 13.8. The second-order valence-corrected chi connectivity index (χ2v) is 10.4.